The van der Waals surface area contributed by atoms with Gasteiger partial charge in [-0.1, -0.05) is 11.8 Å². The summed E-state index contributed by atoms with van der Waals surface area (Å²) in [5.74, 6) is 0. The van der Waals surface area contributed by atoms with Crippen molar-refractivity contribution in [3.63, 3.8) is 0 Å². The summed E-state index contributed by atoms with van der Waals surface area (Å²) in [6.07, 6.45) is 0. The lowest BCUT2D eigenvalue weighted by atomic mass is 10.4. The van der Waals surface area contributed by atoms with Gasteiger partial charge in [0.15, 0.2) is 9.89 Å². The summed E-state index contributed by atoms with van der Waals surface area (Å²) in [5, 5.41) is 9.81. The molecule has 0 bridgehead atoms. The van der Waals surface area contributed by atoms with Gasteiger partial charge < -0.3 is 0 Å². The first-order valence-electron chi connectivity index (χ1n) is 4.64. The van der Waals surface area contributed by atoms with Crippen molar-refractivity contribution in [3.8, 4) is 0 Å². The summed E-state index contributed by atoms with van der Waals surface area (Å²) in [7, 11) is 0. The zero-order valence-electron chi connectivity index (χ0n) is 8.22. The Morgan fingerprint density at radius 3 is 2.59 bits per heavy atom. The fraction of sp³-hybridized carbons (Fsp3) is 0.429. The number of hydrogen-bond donors (Lipinski definition) is 0. The van der Waals surface area contributed by atoms with Gasteiger partial charge >= 0.3 is 0 Å². The van der Waals surface area contributed by atoms with Gasteiger partial charge in [-0.3, -0.25) is 0 Å². The van der Waals surface area contributed by atoms with Crippen LogP contribution in [0.3, 0.4) is 0 Å². The molecule has 2 aromatic rings. The maximum Gasteiger partial charge on any atom is 0.218 e. The summed E-state index contributed by atoms with van der Waals surface area (Å²) in [4.78, 5) is 8.41. The molecule has 2 aromatic heterocycles. The highest BCUT2D eigenvalue weighted by Crippen LogP contribution is 2.32. The maximum absolute atomic E-state index is 4.28. The highest BCUT2D eigenvalue weighted by molar-refractivity contribution is 9.11. The molecule has 0 N–H and O–H groups in total. The quantitative estimate of drug-likeness (QED) is 0.711. The molecule has 0 radical (unpaired) electrons. The first-order chi connectivity index (χ1) is 8.11. The SMILES string of the molecule is Brc1nc(Br)n(CC2Cn3nc(Br)nc3S2)n1. The van der Waals surface area contributed by atoms with Gasteiger partial charge in [0.05, 0.1) is 18.3 Å². The normalized spacial score (nSPS) is 18.6. The van der Waals surface area contributed by atoms with Crippen LogP contribution in [0.25, 0.3) is 0 Å². The van der Waals surface area contributed by atoms with Crippen LogP contribution in [-0.2, 0) is 13.1 Å². The lowest BCUT2D eigenvalue weighted by molar-refractivity contribution is 0.504. The second-order valence-electron chi connectivity index (χ2n) is 3.42. The van der Waals surface area contributed by atoms with Crippen molar-refractivity contribution in [2.75, 3.05) is 0 Å². The largest absolute Gasteiger partial charge is 0.238 e. The lowest BCUT2D eigenvalue weighted by Crippen LogP contribution is -2.16. The van der Waals surface area contributed by atoms with Crippen LogP contribution in [0.2, 0.25) is 0 Å². The number of halogens is 3. The van der Waals surface area contributed by atoms with Crippen LogP contribution in [0.5, 0.6) is 0 Å². The van der Waals surface area contributed by atoms with Crippen LogP contribution >= 0.6 is 59.6 Å². The van der Waals surface area contributed by atoms with Gasteiger partial charge in [0.25, 0.3) is 0 Å². The number of nitrogens with zero attached hydrogens (tertiary/aromatic N) is 6. The van der Waals surface area contributed by atoms with E-state index in [-0.39, 0.29) is 0 Å². The van der Waals surface area contributed by atoms with Gasteiger partial charge in [-0.25, -0.2) is 9.36 Å². The van der Waals surface area contributed by atoms with Gasteiger partial charge in [-0.05, 0) is 47.8 Å². The Bertz CT molecular complexity index is 542. The van der Waals surface area contributed by atoms with Crippen LogP contribution < -0.4 is 0 Å². The Morgan fingerprint density at radius 1 is 1.18 bits per heavy atom. The molecule has 6 nitrogen and oxygen atoms in total. The molecule has 17 heavy (non-hydrogen) atoms. The third-order valence-corrected chi connectivity index (χ3v) is 4.64. The molecular weight excluding hydrogens is 440 g/mol. The third kappa shape index (κ3) is 2.45. The van der Waals surface area contributed by atoms with E-state index in [0.29, 0.717) is 14.7 Å². The Hall–Kier alpha value is 0.0700. The van der Waals surface area contributed by atoms with E-state index in [2.05, 4.69) is 68.0 Å². The van der Waals surface area contributed by atoms with Gasteiger partial charge in [0.2, 0.25) is 9.47 Å². The molecule has 90 valence electrons. The molecule has 0 spiro atoms. The molecule has 1 aliphatic heterocycles. The Balaban J connectivity index is 1.73. The summed E-state index contributed by atoms with van der Waals surface area (Å²) in [6, 6.07) is 0. The van der Waals surface area contributed by atoms with Crippen LogP contribution in [0.4, 0.5) is 0 Å². The summed E-state index contributed by atoms with van der Waals surface area (Å²) in [6.45, 7) is 1.61. The average Bonchev–Trinajstić information content (AvgIpc) is 2.81. The van der Waals surface area contributed by atoms with E-state index in [1.54, 1.807) is 11.8 Å². The summed E-state index contributed by atoms with van der Waals surface area (Å²) >= 11 is 11.6. The van der Waals surface area contributed by atoms with Crippen molar-refractivity contribution in [3.05, 3.63) is 14.2 Å². The number of thioether (sulfide) groups is 1. The van der Waals surface area contributed by atoms with E-state index in [0.717, 1.165) is 23.0 Å². The van der Waals surface area contributed by atoms with Crippen molar-refractivity contribution < 1.29 is 0 Å². The highest BCUT2D eigenvalue weighted by Gasteiger charge is 2.26. The predicted molar refractivity (Wildman–Crippen MR) is 72.8 cm³/mol. The highest BCUT2D eigenvalue weighted by atomic mass is 79.9. The van der Waals surface area contributed by atoms with Crippen molar-refractivity contribution in [1.82, 2.24) is 29.5 Å². The fourth-order valence-electron chi connectivity index (χ4n) is 1.59. The molecule has 1 unspecified atom stereocenters. The molecule has 0 fully saturated rings. The maximum atomic E-state index is 4.28. The zero-order chi connectivity index (χ0) is 12.0. The summed E-state index contributed by atoms with van der Waals surface area (Å²) < 4.78 is 5.68. The van der Waals surface area contributed by atoms with Crippen molar-refractivity contribution in [2.45, 2.75) is 23.5 Å². The molecule has 3 rings (SSSR count). The molecule has 1 aliphatic rings. The van der Waals surface area contributed by atoms with Gasteiger partial charge in [-0.15, -0.1) is 10.2 Å². The molecular formula is C7H5Br3N6S. The smallest absolute Gasteiger partial charge is 0.218 e. The van der Waals surface area contributed by atoms with Crippen LogP contribution in [0, 0.1) is 0 Å². The van der Waals surface area contributed by atoms with E-state index in [1.807, 2.05) is 9.36 Å². The monoisotopic (exact) mass is 442 g/mol. The number of fused-ring (bicyclic) bond motifs is 1. The molecule has 0 aliphatic carbocycles. The first kappa shape index (κ1) is 12.1. The summed E-state index contributed by atoms with van der Waals surface area (Å²) in [5.41, 5.74) is 0. The molecule has 1 atom stereocenters. The third-order valence-electron chi connectivity index (χ3n) is 2.24. The topological polar surface area (TPSA) is 61.4 Å². The standard InChI is InChI=1S/C7H5Br3N6S/c8-4-11-6(10)15(13-4)1-3-2-16-7(17-3)12-5(9)14-16/h3H,1-2H2. The molecule has 0 amide bonds. The number of aromatic nitrogens is 6. The molecule has 10 heteroatoms. The molecule has 0 aromatic carbocycles. The van der Waals surface area contributed by atoms with Crippen molar-refractivity contribution in [2.24, 2.45) is 0 Å². The van der Waals surface area contributed by atoms with E-state index < -0.39 is 0 Å². The number of rotatable bonds is 2. The lowest BCUT2D eigenvalue weighted by Gasteiger charge is -2.07. The number of hydrogen-bond acceptors (Lipinski definition) is 5. The molecule has 3 heterocycles. The van der Waals surface area contributed by atoms with Gasteiger partial charge in [0, 0.05) is 0 Å². The van der Waals surface area contributed by atoms with Crippen molar-refractivity contribution in [1.29, 1.82) is 0 Å². The van der Waals surface area contributed by atoms with Gasteiger partial charge in [0.1, 0.15) is 0 Å². The van der Waals surface area contributed by atoms with Crippen LogP contribution in [0.15, 0.2) is 19.4 Å². The van der Waals surface area contributed by atoms with E-state index in [1.165, 1.54) is 0 Å². The Morgan fingerprint density at radius 2 is 1.94 bits per heavy atom. The van der Waals surface area contributed by atoms with E-state index in [4.69, 9.17) is 0 Å². The average molecular weight is 445 g/mol. The first-order valence-corrected chi connectivity index (χ1v) is 7.90. The molecule has 0 saturated carbocycles. The van der Waals surface area contributed by atoms with E-state index in [9.17, 15) is 0 Å². The fourth-order valence-corrected chi connectivity index (χ4v) is 4.16. The minimum Gasteiger partial charge on any atom is -0.238 e. The predicted octanol–water partition coefficient (Wildman–Crippen LogP) is 2.33. The minimum absolute atomic E-state index is 0.378. The van der Waals surface area contributed by atoms with E-state index >= 15 is 0 Å². The zero-order valence-corrected chi connectivity index (χ0v) is 13.8. The molecule has 0 saturated heterocycles. The van der Waals surface area contributed by atoms with Crippen LogP contribution in [0.1, 0.15) is 0 Å². The Labute approximate surface area is 126 Å². The van der Waals surface area contributed by atoms with Gasteiger partial charge in [-0.2, -0.15) is 9.97 Å². The van der Waals surface area contributed by atoms with Crippen molar-refractivity contribution >= 4 is 59.6 Å². The second-order valence-corrected chi connectivity index (χ2v) is 6.81. The Kier molecular flexibility index (Phi) is 3.30. The minimum atomic E-state index is 0.378. The van der Waals surface area contributed by atoms with Crippen LogP contribution in [-0.4, -0.2) is 34.8 Å². The second kappa shape index (κ2) is 4.63.